The van der Waals surface area contributed by atoms with Crippen molar-refractivity contribution in [2.24, 2.45) is 0 Å². The van der Waals surface area contributed by atoms with Gasteiger partial charge in [-0.25, -0.2) is 0 Å². The van der Waals surface area contributed by atoms with E-state index in [-0.39, 0.29) is 0 Å². The second-order valence-electron chi connectivity index (χ2n) is 4.89. The summed E-state index contributed by atoms with van der Waals surface area (Å²) < 4.78 is 0. The predicted octanol–water partition coefficient (Wildman–Crippen LogP) is 3.00. The normalized spacial score (nSPS) is 20.4. The number of hydrogen-bond acceptors (Lipinski definition) is 3. The fourth-order valence-corrected chi connectivity index (χ4v) is 2.74. The van der Waals surface area contributed by atoms with Gasteiger partial charge in [0.2, 0.25) is 0 Å². The van der Waals surface area contributed by atoms with Crippen molar-refractivity contribution in [2.75, 3.05) is 25.5 Å². The molecule has 1 unspecified atom stereocenters. The van der Waals surface area contributed by atoms with Crippen molar-refractivity contribution in [3.63, 3.8) is 0 Å². The maximum atomic E-state index is 6.19. The summed E-state index contributed by atoms with van der Waals surface area (Å²) in [6, 6.07) is 8.39. The van der Waals surface area contributed by atoms with E-state index in [0.29, 0.717) is 6.04 Å². The minimum absolute atomic E-state index is 0.501. The number of hydrogen-bond donors (Lipinski definition) is 1. The molecule has 1 saturated heterocycles. The number of nitrogens with zero attached hydrogens (tertiary/aromatic N) is 2. The van der Waals surface area contributed by atoms with Crippen LogP contribution in [0, 0.1) is 0 Å². The van der Waals surface area contributed by atoms with Crippen LogP contribution in [0.2, 0.25) is 5.02 Å². The molecule has 0 aliphatic carbocycles. The van der Waals surface area contributed by atoms with Crippen LogP contribution in [0.5, 0.6) is 0 Å². The fraction of sp³-hybridized carbons (Fsp3) is 0.357. The summed E-state index contributed by atoms with van der Waals surface area (Å²) in [7, 11) is 2.15. The molecule has 1 aliphatic rings. The number of pyridine rings is 1. The molecule has 1 N–H and O–H groups in total. The second kappa shape index (κ2) is 4.75. The zero-order valence-corrected chi connectivity index (χ0v) is 11.1. The third-order valence-corrected chi connectivity index (χ3v) is 3.80. The summed E-state index contributed by atoms with van der Waals surface area (Å²) in [5, 5.41) is 5.35. The molecule has 2 heterocycles. The third-order valence-electron chi connectivity index (χ3n) is 3.47. The third kappa shape index (κ3) is 2.16. The van der Waals surface area contributed by atoms with E-state index in [0.717, 1.165) is 34.7 Å². The van der Waals surface area contributed by atoms with Crippen LogP contribution in [-0.2, 0) is 0 Å². The lowest BCUT2D eigenvalue weighted by molar-refractivity contribution is 0.414. The highest BCUT2D eigenvalue weighted by Crippen LogP contribution is 2.29. The van der Waals surface area contributed by atoms with Gasteiger partial charge in [-0.15, -0.1) is 0 Å². The molecule has 0 radical (unpaired) electrons. The van der Waals surface area contributed by atoms with Crippen molar-refractivity contribution in [1.82, 2.24) is 9.88 Å². The summed E-state index contributed by atoms with van der Waals surface area (Å²) in [6.45, 7) is 2.23. The van der Waals surface area contributed by atoms with E-state index in [9.17, 15) is 0 Å². The quantitative estimate of drug-likeness (QED) is 0.901. The average Bonchev–Trinajstić information content (AvgIpc) is 2.79. The van der Waals surface area contributed by atoms with Crippen molar-refractivity contribution in [3.05, 3.63) is 35.5 Å². The molecule has 1 fully saturated rings. The molecule has 3 nitrogen and oxygen atoms in total. The molecule has 1 aromatic heterocycles. The van der Waals surface area contributed by atoms with Gasteiger partial charge < -0.3 is 10.2 Å². The van der Waals surface area contributed by atoms with Crippen LogP contribution in [-0.4, -0.2) is 36.1 Å². The summed E-state index contributed by atoms with van der Waals surface area (Å²) in [5.74, 6) is 0. The largest absolute Gasteiger partial charge is 0.379 e. The number of nitrogens with one attached hydrogen (secondary N) is 1. The Labute approximate surface area is 112 Å². The van der Waals surface area contributed by atoms with Crippen molar-refractivity contribution in [3.8, 4) is 0 Å². The van der Waals surface area contributed by atoms with Gasteiger partial charge in [0.15, 0.2) is 0 Å². The Kier molecular flexibility index (Phi) is 3.10. The first-order chi connectivity index (χ1) is 8.74. The van der Waals surface area contributed by atoms with Crippen molar-refractivity contribution >= 4 is 28.2 Å². The van der Waals surface area contributed by atoms with E-state index in [1.54, 1.807) is 0 Å². The number of benzene rings is 1. The lowest BCUT2D eigenvalue weighted by Gasteiger charge is -2.16. The molecular formula is C14H16ClN3. The van der Waals surface area contributed by atoms with E-state index in [4.69, 9.17) is 11.6 Å². The molecule has 0 spiro atoms. The maximum Gasteiger partial charge on any atom is 0.0948 e. The number of likely N-dealkylation sites (N-methyl/N-ethyl adjacent to an activating group) is 1. The van der Waals surface area contributed by atoms with E-state index in [1.807, 2.05) is 30.5 Å². The first-order valence-corrected chi connectivity index (χ1v) is 6.60. The van der Waals surface area contributed by atoms with Crippen molar-refractivity contribution in [1.29, 1.82) is 0 Å². The number of anilines is 1. The molecule has 0 amide bonds. The number of rotatable bonds is 2. The average molecular weight is 262 g/mol. The topological polar surface area (TPSA) is 28.2 Å². The Hall–Kier alpha value is -1.32. The zero-order valence-electron chi connectivity index (χ0n) is 10.4. The van der Waals surface area contributed by atoms with Crippen LogP contribution < -0.4 is 5.32 Å². The monoisotopic (exact) mass is 261 g/mol. The SMILES string of the molecule is CN1CCC(Nc2ccc(Cl)c3cccnc23)C1. The molecule has 4 heteroatoms. The minimum Gasteiger partial charge on any atom is -0.379 e. The predicted molar refractivity (Wildman–Crippen MR) is 76.3 cm³/mol. The van der Waals surface area contributed by atoms with Gasteiger partial charge in [-0.05, 0) is 44.3 Å². The lowest BCUT2D eigenvalue weighted by Crippen LogP contribution is -2.23. The first-order valence-electron chi connectivity index (χ1n) is 6.22. The van der Waals surface area contributed by atoms with Crippen molar-refractivity contribution < 1.29 is 0 Å². The molecule has 3 rings (SSSR count). The van der Waals surface area contributed by atoms with Crippen molar-refractivity contribution in [2.45, 2.75) is 12.5 Å². The highest BCUT2D eigenvalue weighted by atomic mass is 35.5. The molecule has 1 aromatic carbocycles. The van der Waals surface area contributed by atoms with Gasteiger partial charge >= 0.3 is 0 Å². The van der Waals surface area contributed by atoms with Gasteiger partial charge in [-0.3, -0.25) is 4.98 Å². The van der Waals surface area contributed by atoms with Crippen LogP contribution in [0.15, 0.2) is 30.5 Å². The van der Waals surface area contributed by atoms with Gasteiger partial charge in [0.1, 0.15) is 0 Å². The minimum atomic E-state index is 0.501. The highest BCUT2D eigenvalue weighted by Gasteiger charge is 2.19. The van der Waals surface area contributed by atoms with Gasteiger partial charge in [0, 0.05) is 24.2 Å². The van der Waals surface area contributed by atoms with Gasteiger partial charge in [0.05, 0.1) is 16.2 Å². The van der Waals surface area contributed by atoms with Crippen LogP contribution in [0.25, 0.3) is 10.9 Å². The number of aromatic nitrogens is 1. The fourth-order valence-electron chi connectivity index (χ4n) is 2.53. The Morgan fingerprint density at radius 1 is 1.39 bits per heavy atom. The van der Waals surface area contributed by atoms with E-state index < -0.39 is 0 Å². The molecule has 1 atom stereocenters. The Balaban J connectivity index is 1.95. The molecule has 18 heavy (non-hydrogen) atoms. The number of fused-ring (bicyclic) bond motifs is 1. The number of halogens is 1. The smallest absolute Gasteiger partial charge is 0.0948 e. The Morgan fingerprint density at radius 2 is 2.28 bits per heavy atom. The van der Waals surface area contributed by atoms with E-state index in [2.05, 4.69) is 22.2 Å². The van der Waals surface area contributed by atoms with Crippen LogP contribution in [0.4, 0.5) is 5.69 Å². The van der Waals surface area contributed by atoms with E-state index >= 15 is 0 Å². The second-order valence-corrected chi connectivity index (χ2v) is 5.29. The van der Waals surface area contributed by atoms with Crippen LogP contribution in [0.3, 0.4) is 0 Å². The molecule has 2 aromatic rings. The van der Waals surface area contributed by atoms with Gasteiger partial charge in [-0.2, -0.15) is 0 Å². The molecule has 1 aliphatic heterocycles. The highest BCUT2D eigenvalue weighted by molar-refractivity contribution is 6.35. The Morgan fingerprint density at radius 3 is 3.06 bits per heavy atom. The molecule has 0 bridgehead atoms. The standard InChI is InChI=1S/C14H16ClN3/c1-18-8-6-10(9-18)17-13-5-4-12(15)11-3-2-7-16-14(11)13/h2-5,7,10,17H,6,8-9H2,1H3. The summed E-state index contributed by atoms with van der Waals surface area (Å²) in [6.07, 6.45) is 2.98. The first kappa shape index (κ1) is 11.8. The zero-order chi connectivity index (χ0) is 12.5. The summed E-state index contributed by atoms with van der Waals surface area (Å²) in [4.78, 5) is 6.78. The van der Waals surface area contributed by atoms with Gasteiger partial charge in [0.25, 0.3) is 0 Å². The summed E-state index contributed by atoms with van der Waals surface area (Å²) >= 11 is 6.19. The molecular weight excluding hydrogens is 246 g/mol. The lowest BCUT2D eigenvalue weighted by atomic mass is 10.1. The summed E-state index contributed by atoms with van der Waals surface area (Å²) in [5.41, 5.74) is 2.04. The molecule has 0 saturated carbocycles. The Bertz CT molecular complexity index is 570. The maximum absolute atomic E-state index is 6.19. The van der Waals surface area contributed by atoms with E-state index in [1.165, 1.54) is 6.42 Å². The molecule has 94 valence electrons. The van der Waals surface area contributed by atoms with Crippen LogP contribution >= 0.6 is 11.6 Å². The van der Waals surface area contributed by atoms with Gasteiger partial charge in [-0.1, -0.05) is 11.6 Å². The number of likely N-dealkylation sites (tertiary alicyclic amines) is 1. The van der Waals surface area contributed by atoms with Crippen LogP contribution in [0.1, 0.15) is 6.42 Å².